The molecule has 6 nitrogen and oxygen atoms in total. The Balaban J connectivity index is 4.28. The van der Waals surface area contributed by atoms with Gasteiger partial charge < -0.3 is 14.2 Å². The summed E-state index contributed by atoms with van der Waals surface area (Å²) in [4.78, 5) is 38.3. The van der Waals surface area contributed by atoms with Gasteiger partial charge in [-0.15, -0.1) is 0 Å². The number of unbranched alkanes of at least 4 members (excludes halogenated alkanes) is 41. The number of ether oxygens (including phenoxy) is 3. The zero-order valence-corrected chi connectivity index (χ0v) is 49.7. The minimum atomic E-state index is -0.765. The van der Waals surface area contributed by atoms with Gasteiger partial charge in [0.25, 0.3) is 0 Å². The van der Waals surface area contributed by atoms with Gasteiger partial charge in [-0.1, -0.05) is 330 Å². The van der Waals surface area contributed by atoms with Crippen molar-refractivity contribution < 1.29 is 28.6 Å². The van der Waals surface area contributed by atoms with Crippen LogP contribution in [0.2, 0.25) is 0 Å². The Bertz CT molecular complexity index is 1120. The molecule has 0 aromatic heterocycles. The van der Waals surface area contributed by atoms with E-state index < -0.39 is 6.10 Å². The molecule has 72 heavy (non-hydrogen) atoms. The van der Waals surface area contributed by atoms with Gasteiger partial charge in [-0.05, 0) is 37.0 Å². The maximum Gasteiger partial charge on any atom is 0.306 e. The van der Waals surface area contributed by atoms with Crippen molar-refractivity contribution in [2.45, 2.75) is 375 Å². The number of carbonyl (C=O) groups excluding carboxylic acids is 3. The average molecular weight is 1020 g/mol. The molecule has 0 N–H and O–H groups in total. The molecule has 0 spiro atoms. The van der Waals surface area contributed by atoms with Crippen molar-refractivity contribution in [2.75, 3.05) is 13.2 Å². The number of rotatable bonds is 59. The largest absolute Gasteiger partial charge is 0.462 e. The first-order chi connectivity index (χ1) is 35.1. The lowest BCUT2D eigenvalue weighted by atomic mass is 9.99. The summed E-state index contributed by atoms with van der Waals surface area (Å²) in [5.74, 6) is 1.75. The monoisotopic (exact) mass is 1020 g/mol. The number of hydrogen-bond donors (Lipinski definition) is 0. The fourth-order valence-corrected chi connectivity index (χ4v) is 10.2. The number of hydrogen-bond acceptors (Lipinski definition) is 6. The molecule has 0 radical (unpaired) electrons. The summed E-state index contributed by atoms with van der Waals surface area (Å²) in [5, 5.41) is 0. The predicted octanol–water partition coefficient (Wildman–Crippen LogP) is 21.8. The fourth-order valence-electron chi connectivity index (χ4n) is 10.2. The van der Waals surface area contributed by atoms with Gasteiger partial charge in [0.15, 0.2) is 6.10 Å². The third-order valence-electron chi connectivity index (χ3n) is 15.5. The molecule has 0 aromatic carbocycles. The number of esters is 3. The van der Waals surface area contributed by atoms with E-state index in [1.54, 1.807) is 0 Å². The van der Waals surface area contributed by atoms with Crippen molar-refractivity contribution in [3.8, 4) is 0 Å². The van der Waals surface area contributed by atoms with E-state index in [0.29, 0.717) is 19.3 Å². The molecule has 0 saturated carbocycles. The molecule has 0 fully saturated rings. The van der Waals surface area contributed by atoms with Crippen LogP contribution in [0.25, 0.3) is 0 Å². The van der Waals surface area contributed by atoms with E-state index in [1.165, 1.54) is 250 Å². The zero-order valence-electron chi connectivity index (χ0n) is 49.7. The molecule has 6 heteroatoms. The van der Waals surface area contributed by atoms with Crippen LogP contribution in [0.3, 0.4) is 0 Å². The van der Waals surface area contributed by atoms with Crippen molar-refractivity contribution >= 4 is 17.9 Å². The molecule has 0 saturated heterocycles. The Morgan fingerprint density at radius 3 is 0.722 bits per heavy atom. The maximum atomic E-state index is 12.9. The average Bonchev–Trinajstić information content (AvgIpc) is 3.36. The van der Waals surface area contributed by atoms with E-state index in [4.69, 9.17) is 14.2 Å². The molecule has 0 amide bonds. The molecule has 2 atom stereocenters. The summed E-state index contributed by atoms with van der Waals surface area (Å²) in [7, 11) is 0. The first-order valence-corrected chi connectivity index (χ1v) is 32.6. The molecule has 0 bridgehead atoms. The molecule has 428 valence electrons. The van der Waals surface area contributed by atoms with Gasteiger partial charge in [0, 0.05) is 19.3 Å². The summed E-state index contributed by atoms with van der Waals surface area (Å²) in [6.07, 6.45) is 62.4. The first-order valence-electron chi connectivity index (χ1n) is 32.6. The molecule has 0 aromatic rings. The van der Waals surface area contributed by atoms with E-state index in [2.05, 4.69) is 41.5 Å². The van der Waals surface area contributed by atoms with Crippen LogP contribution in [0, 0.1) is 17.8 Å². The lowest BCUT2D eigenvalue weighted by Crippen LogP contribution is -2.30. The normalized spacial score (nSPS) is 12.5. The molecule has 0 aliphatic heterocycles. The van der Waals surface area contributed by atoms with Gasteiger partial charge in [-0.2, -0.15) is 0 Å². The van der Waals surface area contributed by atoms with Crippen molar-refractivity contribution in [1.82, 2.24) is 0 Å². The van der Waals surface area contributed by atoms with Crippen LogP contribution in [-0.4, -0.2) is 37.2 Å². The van der Waals surface area contributed by atoms with E-state index in [-0.39, 0.29) is 31.1 Å². The Morgan fingerprint density at radius 1 is 0.278 bits per heavy atom. The second-order valence-corrected chi connectivity index (χ2v) is 24.0. The van der Waals surface area contributed by atoms with E-state index in [9.17, 15) is 14.4 Å². The lowest BCUT2D eigenvalue weighted by molar-refractivity contribution is -0.167. The minimum absolute atomic E-state index is 0.0625. The zero-order chi connectivity index (χ0) is 52.6. The summed E-state index contributed by atoms with van der Waals surface area (Å²) in [6.45, 7) is 13.9. The highest BCUT2D eigenvalue weighted by atomic mass is 16.6. The van der Waals surface area contributed by atoms with Gasteiger partial charge in [0.1, 0.15) is 13.2 Å². The van der Waals surface area contributed by atoms with Gasteiger partial charge in [-0.25, -0.2) is 0 Å². The van der Waals surface area contributed by atoms with Crippen LogP contribution in [0.15, 0.2) is 0 Å². The highest BCUT2D eigenvalue weighted by Gasteiger charge is 2.19. The predicted molar refractivity (Wildman–Crippen MR) is 312 cm³/mol. The molecular formula is C66H128O6. The van der Waals surface area contributed by atoms with Crippen LogP contribution in [-0.2, 0) is 28.6 Å². The molecule has 0 heterocycles. The molecule has 0 aliphatic rings. The van der Waals surface area contributed by atoms with E-state index >= 15 is 0 Å². The SMILES string of the molecule is CCC(C)CCCCCCCCCCCCCCCCC(=O)OC[C@H](COC(=O)CCCCCCCCCCCCCCC(C)C)OC(=O)CCCCCCCCCCCCCCCCCCCCC(C)C. The quantitative estimate of drug-likeness (QED) is 0.0343. The minimum Gasteiger partial charge on any atom is -0.462 e. The summed E-state index contributed by atoms with van der Waals surface area (Å²) in [6, 6.07) is 0. The van der Waals surface area contributed by atoms with Crippen molar-refractivity contribution in [3.63, 3.8) is 0 Å². The number of carbonyl (C=O) groups is 3. The molecule has 0 aliphatic carbocycles. The lowest BCUT2D eigenvalue weighted by Gasteiger charge is -2.18. The first kappa shape index (κ1) is 70.4. The van der Waals surface area contributed by atoms with Gasteiger partial charge in [0.05, 0.1) is 0 Å². The smallest absolute Gasteiger partial charge is 0.306 e. The van der Waals surface area contributed by atoms with E-state index in [0.717, 1.165) is 75.5 Å². The van der Waals surface area contributed by atoms with E-state index in [1.807, 2.05) is 0 Å². The second-order valence-electron chi connectivity index (χ2n) is 24.0. The molecule has 0 rings (SSSR count). The topological polar surface area (TPSA) is 78.9 Å². The highest BCUT2D eigenvalue weighted by molar-refractivity contribution is 5.71. The fraction of sp³-hybridized carbons (Fsp3) is 0.955. The van der Waals surface area contributed by atoms with Crippen molar-refractivity contribution in [1.29, 1.82) is 0 Å². The van der Waals surface area contributed by atoms with Crippen molar-refractivity contribution in [2.24, 2.45) is 17.8 Å². The molecular weight excluding hydrogens is 889 g/mol. The maximum absolute atomic E-state index is 12.9. The highest BCUT2D eigenvalue weighted by Crippen LogP contribution is 2.20. The Kier molecular flexibility index (Phi) is 55.9. The summed E-state index contributed by atoms with van der Waals surface area (Å²) in [5.41, 5.74) is 0. The Hall–Kier alpha value is -1.59. The molecule has 1 unspecified atom stereocenters. The van der Waals surface area contributed by atoms with Crippen LogP contribution in [0.5, 0.6) is 0 Å². The van der Waals surface area contributed by atoms with Crippen LogP contribution < -0.4 is 0 Å². The standard InChI is InChI=1S/C66H128O6/c1-7-62(6)54-48-42-36-30-24-17-14-15-18-25-31-37-43-49-55-64(67)70-58-63(59-71-65(68)56-50-44-38-32-26-21-20-23-29-35-41-47-53-61(4)5)72-66(69)57-51-45-39-33-27-19-13-11-9-8-10-12-16-22-28-34-40-46-52-60(2)3/h60-63H,7-59H2,1-6H3/t62?,63-/m1/s1. The van der Waals surface area contributed by atoms with Crippen molar-refractivity contribution in [3.05, 3.63) is 0 Å². The Morgan fingerprint density at radius 2 is 0.486 bits per heavy atom. The van der Waals surface area contributed by atoms with Gasteiger partial charge in [0.2, 0.25) is 0 Å². The Labute approximate surface area is 450 Å². The second kappa shape index (κ2) is 57.1. The van der Waals surface area contributed by atoms with Gasteiger partial charge >= 0.3 is 17.9 Å². The van der Waals surface area contributed by atoms with Gasteiger partial charge in [-0.3, -0.25) is 14.4 Å². The summed E-state index contributed by atoms with van der Waals surface area (Å²) >= 11 is 0. The summed E-state index contributed by atoms with van der Waals surface area (Å²) < 4.78 is 17.0. The third kappa shape index (κ3) is 57.7. The van der Waals surface area contributed by atoms with Crippen LogP contribution in [0.1, 0.15) is 369 Å². The van der Waals surface area contributed by atoms with Crippen LogP contribution in [0.4, 0.5) is 0 Å². The third-order valence-corrected chi connectivity index (χ3v) is 15.5. The van der Waals surface area contributed by atoms with Crippen LogP contribution >= 0.6 is 0 Å².